The standard InChI is InChI=1S/C17H22O11/c1-7(18)24-12-13(25-8(2)19)15(27-10(4)21)17(6-23-17)16(28-11(5)22)14(12)26-9(3)20/h12-16H,6H2,1-5H3/t12?,13-,14+,15-,16-,17?/m1/s1. The molecule has 2 fully saturated rings. The van der Waals surface area contributed by atoms with E-state index in [0.29, 0.717) is 0 Å². The molecule has 1 heterocycles. The summed E-state index contributed by atoms with van der Waals surface area (Å²) in [6, 6.07) is 0. The summed E-state index contributed by atoms with van der Waals surface area (Å²) >= 11 is 0. The van der Waals surface area contributed by atoms with Crippen LogP contribution in [0.25, 0.3) is 0 Å². The summed E-state index contributed by atoms with van der Waals surface area (Å²) in [4.78, 5) is 58.3. The molecule has 0 aromatic carbocycles. The van der Waals surface area contributed by atoms with Gasteiger partial charge in [-0.1, -0.05) is 0 Å². The number of hydrogen-bond donors (Lipinski definition) is 0. The van der Waals surface area contributed by atoms with Crippen molar-refractivity contribution in [2.45, 2.75) is 70.7 Å². The lowest BCUT2D eigenvalue weighted by Gasteiger charge is -2.46. The zero-order valence-electron chi connectivity index (χ0n) is 16.1. The summed E-state index contributed by atoms with van der Waals surface area (Å²) in [7, 11) is 0. The monoisotopic (exact) mass is 402 g/mol. The molecule has 11 heteroatoms. The molecule has 1 spiro atoms. The number of hydrogen-bond acceptors (Lipinski definition) is 11. The first kappa shape index (κ1) is 21.6. The minimum atomic E-state index is -1.42. The summed E-state index contributed by atoms with van der Waals surface area (Å²) < 4.78 is 31.8. The summed E-state index contributed by atoms with van der Waals surface area (Å²) in [5, 5.41) is 0. The Morgan fingerprint density at radius 2 is 0.893 bits per heavy atom. The second kappa shape index (κ2) is 8.13. The lowest BCUT2D eigenvalue weighted by Crippen LogP contribution is -2.70. The van der Waals surface area contributed by atoms with E-state index in [2.05, 4.69) is 0 Å². The van der Waals surface area contributed by atoms with Crippen molar-refractivity contribution in [3.8, 4) is 0 Å². The van der Waals surface area contributed by atoms with Gasteiger partial charge in [-0.05, 0) is 0 Å². The topological polar surface area (TPSA) is 144 Å². The Kier molecular flexibility index (Phi) is 6.27. The fraction of sp³-hybridized carbons (Fsp3) is 0.706. The second-order valence-electron chi connectivity index (χ2n) is 6.53. The highest BCUT2D eigenvalue weighted by molar-refractivity contribution is 5.70. The largest absolute Gasteiger partial charge is 0.455 e. The molecule has 0 aromatic rings. The van der Waals surface area contributed by atoms with Crippen molar-refractivity contribution in [1.82, 2.24) is 0 Å². The Morgan fingerprint density at radius 1 is 0.607 bits per heavy atom. The van der Waals surface area contributed by atoms with E-state index in [4.69, 9.17) is 28.4 Å². The van der Waals surface area contributed by atoms with E-state index >= 15 is 0 Å². The molecular weight excluding hydrogens is 380 g/mol. The number of rotatable bonds is 5. The van der Waals surface area contributed by atoms with Crippen molar-refractivity contribution < 1.29 is 52.4 Å². The Labute approximate surface area is 160 Å². The van der Waals surface area contributed by atoms with Gasteiger partial charge in [-0.25, -0.2) is 0 Å². The normalized spacial score (nSPS) is 33.4. The van der Waals surface area contributed by atoms with Crippen LogP contribution in [0, 0.1) is 0 Å². The highest BCUT2D eigenvalue weighted by atomic mass is 16.7. The molecule has 0 N–H and O–H groups in total. The number of carbonyl (C=O) groups excluding carboxylic acids is 5. The zero-order valence-corrected chi connectivity index (χ0v) is 16.1. The minimum Gasteiger partial charge on any atom is -0.455 e. The van der Waals surface area contributed by atoms with Gasteiger partial charge in [0.25, 0.3) is 0 Å². The van der Waals surface area contributed by atoms with Crippen LogP contribution in [0.4, 0.5) is 0 Å². The lowest BCUT2D eigenvalue weighted by atomic mass is 9.77. The van der Waals surface area contributed by atoms with E-state index in [1.54, 1.807) is 0 Å². The summed E-state index contributed by atoms with van der Waals surface area (Å²) in [6.45, 7) is 5.52. The molecule has 1 saturated carbocycles. The van der Waals surface area contributed by atoms with E-state index in [-0.39, 0.29) is 6.61 Å². The molecule has 6 atom stereocenters. The molecule has 1 saturated heterocycles. The van der Waals surface area contributed by atoms with Crippen LogP contribution in [0.2, 0.25) is 0 Å². The third kappa shape index (κ3) is 4.58. The molecule has 0 bridgehead atoms. The summed E-state index contributed by atoms with van der Waals surface area (Å²) in [6.07, 6.45) is -6.66. The van der Waals surface area contributed by atoms with E-state index in [9.17, 15) is 24.0 Å². The molecule has 2 aliphatic rings. The maximum absolute atomic E-state index is 11.7. The van der Waals surface area contributed by atoms with Crippen molar-refractivity contribution in [2.24, 2.45) is 0 Å². The number of carbonyl (C=O) groups is 5. The van der Waals surface area contributed by atoms with Crippen LogP contribution in [-0.2, 0) is 52.4 Å². The van der Waals surface area contributed by atoms with Crippen molar-refractivity contribution >= 4 is 29.8 Å². The van der Waals surface area contributed by atoms with E-state index in [1.165, 1.54) is 0 Å². The lowest BCUT2D eigenvalue weighted by molar-refractivity contribution is -0.247. The molecule has 2 rings (SSSR count). The van der Waals surface area contributed by atoms with Crippen LogP contribution in [0.1, 0.15) is 34.6 Å². The van der Waals surface area contributed by atoms with Gasteiger partial charge in [0, 0.05) is 34.6 Å². The predicted molar refractivity (Wildman–Crippen MR) is 86.5 cm³/mol. The van der Waals surface area contributed by atoms with Crippen LogP contribution in [-0.4, -0.2) is 72.6 Å². The van der Waals surface area contributed by atoms with Crippen molar-refractivity contribution in [3.05, 3.63) is 0 Å². The average molecular weight is 402 g/mol. The third-order valence-corrected chi connectivity index (χ3v) is 4.18. The fourth-order valence-corrected chi connectivity index (χ4v) is 3.32. The molecule has 0 amide bonds. The first-order valence-electron chi connectivity index (χ1n) is 8.48. The molecule has 0 aromatic heterocycles. The van der Waals surface area contributed by atoms with E-state index < -0.39 is 66.0 Å². The molecule has 28 heavy (non-hydrogen) atoms. The van der Waals surface area contributed by atoms with Gasteiger partial charge in [0.05, 0.1) is 6.61 Å². The summed E-state index contributed by atoms with van der Waals surface area (Å²) in [5.41, 5.74) is -1.42. The Balaban J connectivity index is 2.57. The smallest absolute Gasteiger partial charge is 0.303 e. The van der Waals surface area contributed by atoms with Crippen LogP contribution in [0.3, 0.4) is 0 Å². The Bertz CT molecular complexity index is 635. The van der Waals surface area contributed by atoms with Crippen LogP contribution in [0.15, 0.2) is 0 Å². The van der Waals surface area contributed by atoms with E-state index in [0.717, 1.165) is 34.6 Å². The highest BCUT2D eigenvalue weighted by Gasteiger charge is 2.73. The first-order chi connectivity index (χ1) is 13.0. The maximum atomic E-state index is 11.7. The Hall–Kier alpha value is -2.69. The minimum absolute atomic E-state index is 0.0365. The van der Waals surface area contributed by atoms with Crippen LogP contribution >= 0.6 is 0 Å². The quantitative estimate of drug-likeness (QED) is 0.331. The van der Waals surface area contributed by atoms with Crippen molar-refractivity contribution in [2.75, 3.05) is 6.61 Å². The summed E-state index contributed by atoms with van der Waals surface area (Å²) in [5.74, 6) is -3.77. The average Bonchev–Trinajstić information content (AvgIpc) is 3.31. The predicted octanol–water partition coefficient (Wildman–Crippen LogP) is -0.572. The van der Waals surface area contributed by atoms with Crippen molar-refractivity contribution in [3.63, 3.8) is 0 Å². The molecule has 156 valence electrons. The number of esters is 5. The number of ether oxygens (including phenoxy) is 6. The van der Waals surface area contributed by atoms with Gasteiger partial charge >= 0.3 is 29.8 Å². The van der Waals surface area contributed by atoms with Gasteiger partial charge in [-0.3, -0.25) is 24.0 Å². The SMILES string of the molecule is CC(=O)OC1[C@@H](OC(C)=O)[C@@H](OC(C)=O)C2(CO2)[C@H](OC(C)=O)[C@H]1OC(C)=O. The molecule has 0 radical (unpaired) electrons. The van der Waals surface area contributed by atoms with Crippen LogP contribution < -0.4 is 0 Å². The molecule has 1 aliphatic heterocycles. The van der Waals surface area contributed by atoms with Gasteiger partial charge in [0.1, 0.15) is 0 Å². The number of epoxide rings is 1. The van der Waals surface area contributed by atoms with Gasteiger partial charge in [-0.15, -0.1) is 0 Å². The van der Waals surface area contributed by atoms with Crippen LogP contribution in [0.5, 0.6) is 0 Å². The molecule has 11 nitrogen and oxygen atoms in total. The molecule has 2 unspecified atom stereocenters. The van der Waals surface area contributed by atoms with Crippen molar-refractivity contribution in [1.29, 1.82) is 0 Å². The maximum Gasteiger partial charge on any atom is 0.303 e. The van der Waals surface area contributed by atoms with Gasteiger partial charge in [0.15, 0.2) is 36.1 Å². The fourth-order valence-electron chi connectivity index (χ4n) is 3.32. The highest BCUT2D eigenvalue weighted by Crippen LogP contribution is 2.48. The van der Waals surface area contributed by atoms with Gasteiger partial charge < -0.3 is 28.4 Å². The second-order valence-corrected chi connectivity index (χ2v) is 6.53. The molecule has 1 aliphatic carbocycles. The van der Waals surface area contributed by atoms with Gasteiger partial charge in [-0.2, -0.15) is 0 Å². The van der Waals surface area contributed by atoms with Gasteiger partial charge in [0.2, 0.25) is 0 Å². The third-order valence-electron chi connectivity index (χ3n) is 4.18. The Morgan fingerprint density at radius 3 is 1.14 bits per heavy atom. The van der Waals surface area contributed by atoms with E-state index in [1.807, 2.05) is 0 Å². The first-order valence-corrected chi connectivity index (χ1v) is 8.48. The zero-order chi connectivity index (χ0) is 21.2. The molecular formula is C17H22O11.